The van der Waals surface area contributed by atoms with E-state index >= 15 is 0 Å². The number of ether oxygens (including phenoxy) is 2. The Balaban J connectivity index is 1.51. The van der Waals surface area contributed by atoms with Gasteiger partial charge >= 0.3 is 0 Å². The second-order valence-corrected chi connectivity index (χ2v) is 7.44. The molecular weight excluding hydrogens is 394 g/mol. The molecule has 1 N–H and O–H groups in total. The summed E-state index contributed by atoms with van der Waals surface area (Å²) in [6.07, 6.45) is 0. The molecule has 0 unspecified atom stereocenters. The number of Topliss-reactive ketones (excluding diaryl/α,β-unsaturated/α-hetero) is 1. The summed E-state index contributed by atoms with van der Waals surface area (Å²) in [4.78, 5) is 28.4. The molecule has 1 heterocycles. The SMILES string of the molecule is CCOc1ccc(NC(=O)CN2CCN(c3ccc(C(C)=O)cc3)CC2)cc1OCC. The fourth-order valence-electron chi connectivity index (χ4n) is 3.60. The number of hydrogen-bond acceptors (Lipinski definition) is 6. The van der Waals surface area contributed by atoms with E-state index in [2.05, 4.69) is 15.1 Å². The van der Waals surface area contributed by atoms with Crippen LogP contribution < -0.4 is 19.7 Å². The summed E-state index contributed by atoms with van der Waals surface area (Å²) in [5, 5.41) is 2.96. The first-order chi connectivity index (χ1) is 15.0. The van der Waals surface area contributed by atoms with Crippen LogP contribution in [0.1, 0.15) is 31.1 Å². The van der Waals surface area contributed by atoms with Crippen molar-refractivity contribution < 1.29 is 19.1 Å². The van der Waals surface area contributed by atoms with E-state index in [0.717, 1.165) is 37.4 Å². The van der Waals surface area contributed by atoms with Crippen molar-refractivity contribution in [3.05, 3.63) is 48.0 Å². The van der Waals surface area contributed by atoms with Crippen LogP contribution in [0.2, 0.25) is 0 Å². The molecule has 1 aliphatic heterocycles. The van der Waals surface area contributed by atoms with Gasteiger partial charge in [-0.25, -0.2) is 0 Å². The van der Waals surface area contributed by atoms with E-state index in [1.54, 1.807) is 13.0 Å². The van der Waals surface area contributed by atoms with Crippen molar-refractivity contribution in [1.82, 2.24) is 4.90 Å². The molecule has 1 amide bonds. The molecule has 0 spiro atoms. The van der Waals surface area contributed by atoms with Crippen LogP contribution in [-0.4, -0.2) is 62.5 Å². The zero-order valence-corrected chi connectivity index (χ0v) is 18.5. The molecule has 0 aromatic heterocycles. The van der Waals surface area contributed by atoms with Crippen molar-refractivity contribution in [2.45, 2.75) is 20.8 Å². The van der Waals surface area contributed by atoms with Gasteiger partial charge in [-0.3, -0.25) is 14.5 Å². The minimum absolute atomic E-state index is 0.0501. The lowest BCUT2D eigenvalue weighted by Crippen LogP contribution is -2.48. The van der Waals surface area contributed by atoms with E-state index in [4.69, 9.17) is 9.47 Å². The van der Waals surface area contributed by atoms with Crippen molar-refractivity contribution in [3.63, 3.8) is 0 Å². The number of carbonyl (C=O) groups excluding carboxylic acids is 2. The minimum atomic E-state index is -0.0501. The Morgan fingerprint density at radius 1 is 0.903 bits per heavy atom. The summed E-state index contributed by atoms with van der Waals surface area (Å²) in [6.45, 7) is 10.1. The Kier molecular flexibility index (Phi) is 7.89. The van der Waals surface area contributed by atoms with Gasteiger partial charge in [-0.05, 0) is 57.2 Å². The molecule has 1 fully saturated rings. The Labute approximate surface area is 183 Å². The van der Waals surface area contributed by atoms with Crippen molar-refractivity contribution >= 4 is 23.1 Å². The molecule has 7 heteroatoms. The molecular formula is C24H31N3O4. The molecule has 0 atom stereocenters. The zero-order valence-electron chi connectivity index (χ0n) is 18.5. The van der Waals surface area contributed by atoms with Gasteiger partial charge in [0.1, 0.15) is 0 Å². The van der Waals surface area contributed by atoms with E-state index in [9.17, 15) is 9.59 Å². The average molecular weight is 426 g/mol. The molecule has 0 saturated carbocycles. The number of hydrogen-bond donors (Lipinski definition) is 1. The molecule has 1 saturated heterocycles. The monoisotopic (exact) mass is 425 g/mol. The van der Waals surface area contributed by atoms with Gasteiger partial charge in [0.15, 0.2) is 17.3 Å². The van der Waals surface area contributed by atoms with Crippen molar-refractivity contribution in [2.75, 3.05) is 56.2 Å². The Morgan fingerprint density at radius 3 is 2.16 bits per heavy atom. The van der Waals surface area contributed by atoms with Gasteiger partial charge in [0.05, 0.1) is 19.8 Å². The first-order valence-electron chi connectivity index (χ1n) is 10.8. The highest BCUT2D eigenvalue weighted by atomic mass is 16.5. The third kappa shape index (κ3) is 6.21. The number of carbonyl (C=O) groups is 2. The lowest BCUT2D eigenvalue weighted by Gasteiger charge is -2.35. The summed E-state index contributed by atoms with van der Waals surface area (Å²) in [6, 6.07) is 13.2. The van der Waals surface area contributed by atoms with Gasteiger partial charge < -0.3 is 19.7 Å². The summed E-state index contributed by atoms with van der Waals surface area (Å²) in [5.41, 5.74) is 2.52. The maximum absolute atomic E-state index is 12.5. The summed E-state index contributed by atoms with van der Waals surface area (Å²) in [5.74, 6) is 1.33. The number of ketones is 1. The minimum Gasteiger partial charge on any atom is -0.490 e. The summed E-state index contributed by atoms with van der Waals surface area (Å²) >= 11 is 0. The Morgan fingerprint density at radius 2 is 1.55 bits per heavy atom. The van der Waals surface area contributed by atoms with E-state index in [-0.39, 0.29) is 11.7 Å². The second kappa shape index (κ2) is 10.8. The first-order valence-corrected chi connectivity index (χ1v) is 10.8. The van der Waals surface area contributed by atoms with Crippen LogP contribution in [0.5, 0.6) is 11.5 Å². The molecule has 31 heavy (non-hydrogen) atoms. The molecule has 0 radical (unpaired) electrons. The van der Waals surface area contributed by atoms with Gasteiger partial charge in [0.25, 0.3) is 0 Å². The molecule has 3 rings (SSSR count). The zero-order chi connectivity index (χ0) is 22.2. The third-order valence-corrected chi connectivity index (χ3v) is 5.21. The number of anilines is 2. The standard InChI is InChI=1S/C24H31N3O4/c1-4-30-22-11-8-20(16-23(22)31-5-2)25-24(29)17-26-12-14-27(15-13-26)21-9-6-19(7-10-21)18(3)28/h6-11,16H,4-5,12-15,17H2,1-3H3,(H,25,29). The lowest BCUT2D eigenvalue weighted by molar-refractivity contribution is -0.117. The molecule has 7 nitrogen and oxygen atoms in total. The number of nitrogens with one attached hydrogen (secondary N) is 1. The van der Waals surface area contributed by atoms with Crippen LogP contribution in [0.3, 0.4) is 0 Å². The van der Waals surface area contributed by atoms with Crippen LogP contribution in [0.4, 0.5) is 11.4 Å². The van der Waals surface area contributed by atoms with Gasteiger partial charge in [0.2, 0.25) is 5.91 Å². The molecule has 166 valence electrons. The molecule has 0 bridgehead atoms. The van der Waals surface area contributed by atoms with E-state index in [1.807, 2.05) is 50.2 Å². The molecule has 2 aromatic rings. The van der Waals surface area contributed by atoms with Gasteiger partial charge in [-0.1, -0.05) is 0 Å². The number of benzene rings is 2. The van der Waals surface area contributed by atoms with Gasteiger partial charge in [0, 0.05) is 49.2 Å². The predicted molar refractivity (Wildman–Crippen MR) is 123 cm³/mol. The fourth-order valence-corrected chi connectivity index (χ4v) is 3.60. The largest absolute Gasteiger partial charge is 0.490 e. The normalized spacial score (nSPS) is 14.2. The van der Waals surface area contributed by atoms with E-state index in [1.165, 1.54) is 0 Å². The third-order valence-electron chi connectivity index (χ3n) is 5.21. The van der Waals surface area contributed by atoms with E-state index < -0.39 is 0 Å². The fraction of sp³-hybridized carbons (Fsp3) is 0.417. The smallest absolute Gasteiger partial charge is 0.238 e. The maximum atomic E-state index is 12.5. The van der Waals surface area contributed by atoms with Crippen molar-refractivity contribution in [1.29, 1.82) is 0 Å². The predicted octanol–water partition coefficient (Wildman–Crippen LogP) is 3.45. The van der Waals surface area contributed by atoms with Gasteiger partial charge in [-0.15, -0.1) is 0 Å². The Hall–Kier alpha value is -3.06. The summed E-state index contributed by atoms with van der Waals surface area (Å²) in [7, 11) is 0. The van der Waals surface area contributed by atoms with Crippen LogP contribution in [0.15, 0.2) is 42.5 Å². The Bertz CT molecular complexity index is 890. The molecule has 1 aliphatic rings. The molecule has 2 aromatic carbocycles. The van der Waals surface area contributed by atoms with Crippen molar-refractivity contribution in [3.8, 4) is 11.5 Å². The first kappa shape index (κ1) is 22.6. The van der Waals surface area contributed by atoms with Crippen LogP contribution in [-0.2, 0) is 4.79 Å². The van der Waals surface area contributed by atoms with Crippen molar-refractivity contribution in [2.24, 2.45) is 0 Å². The average Bonchev–Trinajstić information content (AvgIpc) is 2.76. The maximum Gasteiger partial charge on any atom is 0.238 e. The van der Waals surface area contributed by atoms with Crippen LogP contribution in [0, 0.1) is 0 Å². The lowest BCUT2D eigenvalue weighted by atomic mass is 10.1. The van der Waals surface area contributed by atoms with Gasteiger partial charge in [-0.2, -0.15) is 0 Å². The highest BCUT2D eigenvalue weighted by Gasteiger charge is 2.19. The number of amides is 1. The van der Waals surface area contributed by atoms with E-state index in [0.29, 0.717) is 36.9 Å². The second-order valence-electron chi connectivity index (χ2n) is 7.44. The highest BCUT2D eigenvalue weighted by molar-refractivity contribution is 5.94. The summed E-state index contributed by atoms with van der Waals surface area (Å²) < 4.78 is 11.2. The number of rotatable bonds is 9. The topological polar surface area (TPSA) is 71.1 Å². The number of nitrogens with zero attached hydrogens (tertiary/aromatic N) is 2. The van der Waals surface area contributed by atoms with Crippen LogP contribution >= 0.6 is 0 Å². The highest BCUT2D eigenvalue weighted by Crippen LogP contribution is 2.30. The van der Waals surface area contributed by atoms with Crippen LogP contribution in [0.25, 0.3) is 0 Å². The quantitative estimate of drug-likeness (QED) is 0.621. The number of piperazine rings is 1. The molecule has 0 aliphatic carbocycles.